The van der Waals surface area contributed by atoms with E-state index in [0.717, 1.165) is 11.1 Å². The number of hydrogen-bond acceptors (Lipinski definition) is 5. The van der Waals surface area contributed by atoms with Crippen molar-refractivity contribution in [1.29, 1.82) is 0 Å². The van der Waals surface area contributed by atoms with Crippen molar-refractivity contribution in [2.75, 3.05) is 0 Å². The van der Waals surface area contributed by atoms with Crippen LogP contribution in [0.5, 0.6) is 5.75 Å². The number of para-hydroxylation sites is 1. The van der Waals surface area contributed by atoms with Gasteiger partial charge in [-0.15, -0.1) is 0 Å². The summed E-state index contributed by atoms with van der Waals surface area (Å²) in [6.45, 7) is 7.71. The zero-order valence-electron chi connectivity index (χ0n) is 15.8. The van der Waals surface area contributed by atoms with Crippen molar-refractivity contribution >= 4 is 17.8 Å². The summed E-state index contributed by atoms with van der Waals surface area (Å²) in [7, 11) is 0. The molecule has 1 atom stereocenters. The Balaban J connectivity index is 2.03. The molecular formula is C20H23N3O4. The van der Waals surface area contributed by atoms with E-state index in [2.05, 4.69) is 24.4 Å². The number of amides is 1. The second-order valence-corrected chi connectivity index (χ2v) is 6.49. The minimum Gasteiger partial charge on any atom is -0.481 e. The summed E-state index contributed by atoms with van der Waals surface area (Å²) in [4.78, 5) is 22.7. The molecule has 0 aliphatic carbocycles. The molecule has 7 heteroatoms. The summed E-state index contributed by atoms with van der Waals surface area (Å²) in [5.74, 6) is 0.550. The highest BCUT2D eigenvalue weighted by atomic mass is 16.6. The summed E-state index contributed by atoms with van der Waals surface area (Å²) in [6.07, 6.45) is 0.474. The van der Waals surface area contributed by atoms with Gasteiger partial charge in [-0.3, -0.25) is 14.9 Å². The lowest BCUT2D eigenvalue weighted by atomic mass is 10.0. The number of rotatable bonds is 7. The molecule has 0 aliphatic rings. The van der Waals surface area contributed by atoms with E-state index in [9.17, 15) is 14.9 Å². The van der Waals surface area contributed by atoms with E-state index >= 15 is 0 Å². The molecule has 0 aromatic heterocycles. The minimum atomic E-state index is -0.769. The highest BCUT2D eigenvalue weighted by molar-refractivity contribution is 5.87. The Kier molecular flexibility index (Phi) is 6.65. The lowest BCUT2D eigenvalue weighted by molar-refractivity contribution is -0.385. The zero-order valence-corrected chi connectivity index (χ0v) is 15.8. The maximum absolute atomic E-state index is 12.2. The first-order valence-corrected chi connectivity index (χ1v) is 8.63. The highest BCUT2D eigenvalue weighted by Crippen LogP contribution is 2.25. The number of nitrogens with one attached hydrogen (secondary N) is 1. The Hall–Kier alpha value is -3.22. The van der Waals surface area contributed by atoms with E-state index in [0.29, 0.717) is 17.2 Å². The number of benzene rings is 2. The lowest BCUT2D eigenvalue weighted by Gasteiger charge is -2.16. The maximum atomic E-state index is 12.2. The van der Waals surface area contributed by atoms with Crippen LogP contribution >= 0.6 is 0 Å². The van der Waals surface area contributed by atoms with Crippen LogP contribution in [0.3, 0.4) is 0 Å². The van der Waals surface area contributed by atoms with Gasteiger partial charge >= 0.3 is 0 Å². The Morgan fingerprint density at radius 2 is 1.93 bits per heavy atom. The molecule has 2 rings (SSSR count). The molecular weight excluding hydrogens is 346 g/mol. The smallest absolute Gasteiger partial charge is 0.280 e. The van der Waals surface area contributed by atoms with Crippen LogP contribution in [-0.4, -0.2) is 23.1 Å². The van der Waals surface area contributed by atoms with Crippen molar-refractivity contribution < 1.29 is 14.5 Å². The average Bonchev–Trinajstić information content (AvgIpc) is 2.63. The van der Waals surface area contributed by atoms with Gasteiger partial charge < -0.3 is 4.74 Å². The van der Waals surface area contributed by atoms with Crippen LogP contribution in [0.15, 0.2) is 47.6 Å². The van der Waals surface area contributed by atoms with Gasteiger partial charge in [0.05, 0.1) is 16.7 Å². The van der Waals surface area contributed by atoms with Crippen LogP contribution in [0.25, 0.3) is 0 Å². The van der Waals surface area contributed by atoms with Gasteiger partial charge in [-0.2, -0.15) is 5.10 Å². The third-order valence-electron chi connectivity index (χ3n) is 4.06. The first-order chi connectivity index (χ1) is 12.8. The number of hydrazone groups is 1. The van der Waals surface area contributed by atoms with Crippen LogP contribution in [0.1, 0.15) is 43.4 Å². The van der Waals surface area contributed by atoms with E-state index < -0.39 is 16.9 Å². The lowest BCUT2D eigenvalue weighted by Crippen LogP contribution is -2.33. The van der Waals surface area contributed by atoms with Crippen molar-refractivity contribution in [3.8, 4) is 5.75 Å². The fourth-order valence-corrected chi connectivity index (χ4v) is 2.37. The molecule has 1 N–H and O–H groups in total. The van der Waals surface area contributed by atoms with E-state index in [1.165, 1.54) is 12.3 Å². The summed E-state index contributed by atoms with van der Waals surface area (Å²) in [6, 6.07) is 12.1. The SMILES string of the molecule is Cc1ccc(C(C)C)cc1O[C@@H](C)C(=O)N/N=C\c1ccccc1[N+](=O)[O-]. The molecule has 7 nitrogen and oxygen atoms in total. The normalized spacial score (nSPS) is 12.2. The fraction of sp³-hybridized carbons (Fsp3) is 0.300. The van der Waals surface area contributed by atoms with Crippen LogP contribution in [-0.2, 0) is 4.79 Å². The molecule has 0 bridgehead atoms. The van der Waals surface area contributed by atoms with Crippen LogP contribution < -0.4 is 10.2 Å². The summed E-state index contributed by atoms with van der Waals surface area (Å²) in [5.41, 5.74) is 4.63. The van der Waals surface area contributed by atoms with Crippen molar-refractivity contribution in [2.45, 2.75) is 39.7 Å². The van der Waals surface area contributed by atoms with Gasteiger partial charge in [0.25, 0.3) is 11.6 Å². The molecule has 0 spiro atoms. The third-order valence-corrected chi connectivity index (χ3v) is 4.06. The van der Waals surface area contributed by atoms with Crippen LogP contribution in [0, 0.1) is 17.0 Å². The van der Waals surface area contributed by atoms with E-state index in [4.69, 9.17) is 4.74 Å². The second-order valence-electron chi connectivity index (χ2n) is 6.49. The summed E-state index contributed by atoms with van der Waals surface area (Å²) >= 11 is 0. The van der Waals surface area contributed by atoms with E-state index in [1.54, 1.807) is 25.1 Å². The van der Waals surface area contributed by atoms with Crippen molar-refractivity contribution in [2.24, 2.45) is 5.10 Å². The molecule has 0 radical (unpaired) electrons. The number of aryl methyl sites for hydroxylation is 1. The molecule has 0 aliphatic heterocycles. The topological polar surface area (TPSA) is 93.8 Å². The van der Waals surface area contributed by atoms with Gasteiger partial charge in [0.1, 0.15) is 5.75 Å². The number of carbonyl (C=O) groups excluding carboxylic acids is 1. The van der Waals surface area contributed by atoms with E-state index in [-0.39, 0.29) is 5.69 Å². The summed E-state index contributed by atoms with van der Waals surface area (Å²) < 4.78 is 5.77. The Morgan fingerprint density at radius 1 is 1.22 bits per heavy atom. The Labute approximate surface area is 158 Å². The number of carbonyl (C=O) groups is 1. The van der Waals surface area contributed by atoms with Gasteiger partial charge in [0.15, 0.2) is 6.10 Å². The quantitative estimate of drug-likeness (QED) is 0.454. The number of ether oxygens (including phenoxy) is 1. The molecule has 27 heavy (non-hydrogen) atoms. The van der Waals surface area contributed by atoms with Gasteiger partial charge in [-0.05, 0) is 43.0 Å². The number of nitro benzene ring substituents is 1. The van der Waals surface area contributed by atoms with Crippen molar-refractivity contribution in [3.05, 3.63) is 69.3 Å². The number of nitro groups is 1. The molecule has 1 amide bonds. The maximum Gasteiger partial charge on any atom is 0.280 e. The molecule has 0 unspecified atom stereocenters. The van der Waals surface area contributed by atoms with Crippen molar-refractivity contribution in [1.82, 2.24) is 5.43 Å². The molecule has 0 fully saturated rings. The molecule has 0 saturated heterocycles. The Bertz CT molecular complexity index is 862. The fourth-order valence-electron chi connectivity index (χ4n) is 2.37. The Morgan fingerprint density at radius 3 is 2.59 bits per heavy atom. The van der Waals surface area contributed by atoms with Gasteiger partial charge in [0.2, 0.25) is 0 Å². The van der Waals surface area contributed by atoms with Crippen LogP contribution in [0.2, 0.25) is 0 Å². The van der Waals surface area contributed by atoms with Gasteiger partial charge in [-0.25, -0.2) is 5.43 Å². The summed E-state index contributed by atoms with van der Waals surface area (Å²) in [5, 5.41) is 14.8. The minimum absolute atomic E-state index is 0.0825. The molecule has 2 aromatic carbocycles. The van der Waals surface area contributed by atoms with Crippen molar-refractivity contribution in [3.63, 3.8) is 0 Å². The van der Waals surface area contributed by atoms with Gasteiger partial charge in [-0.1, -0.05) is 38.1 Å². The van der Waals surface area contributed by atoms with Crippen LogP contribution in [0.4, 0.5) is 5.69 Å². The molecule has 2 aromatic rings. The van der Waals surface area contributed by atoms with E-state index in [1.807, 2.05) is 25.1 Å². The first kappa shape index (κ1) is 20.1. The van der Waals surface area contributed by atoms with Gasteiger partial charge in [0, 0.05) is 6.07 Å². The predicted octanol–water partition coefficient (Wildman–Crippen LogP) is 3.94. The number of hydrogen-bond donors (Lipinski definition) is 1. The molecule has 0 saturated carbocycles. The highest BCUT2D eigenvalue weighted by Gasteiger charge is 2.16. The standard InChI is InChI=1S/C20H23N3O4/c1-13(2)16-10-9-14(3)19(11-16)27-15(4)20(24)22-21-12-17-7-5-6-8-18(17)23(25)26/h5-13,15H,1-4H3,(H,22,24)/b21-12-/t15-/m0/s1. The largest absolute Gasteiger partial charge is 0.481 e. The first-order valence-electron chi connectivity index (χ1n) is 8.63. The third kappa shape index (κ3) is 5.37. The number of nitrogens with zero attached hydrogens (tertiary/aromatic N) is 2. The molecule has 0 heterocycles. The monoisotopic (exact) mass is 369 g/mol. The molecule has 142 valence electrons. The predicted molar refractivity (Wildman–Crippen MR) is 104 cm³/mol. The zero-order chi connectivity index (χ0) is 20.0. The second kappa shape index (κ2) is 8.93. The average molecular weight is 369 g/mol.